The molecule has 23 heavy (non-hydrogen) atoms. The smallest absolute Gasteiger partial charge is 0.127 e. The van der Waals surface area contributed by atoms with Gasteiger partial charge in [-0.05, 0) is 50.1 Å². The predicted octanol–water partition coefficient (Wildman–Crippen LogP) is 6.34. The summed E-state index contributed by atoms with van der Waals surface area (Å²) in [5.41, 5.74) is 4.00. The standard InChI is InChI=1S/C13H12O.C9H12/c1-11-7-9-13(10-8-11)14-12-5-3-2-4-6-12;1-3-9-6-4-8(2)5-7-9/h2-10H,1H3;4-7H,3H2,1-2H3. The maximum Gasteiger partial charge on any atom is 0.127 e. The second kappa shape index (κ2) is 8.79. The second-order valence-corrected chi connectivity index (χ2v) is 5.57. The van der Waals surface area contributed by atoms with Crippen molar-refractivity contribution in [2.75, 3.05) is 0 Å². The van der Waals surface area contributed by atoms with Crippen LogP contribution in [0.15, 0.2) is 78.9 Å². The zero-order valence-electron chi connectivity index (χ0n) is 14.1. The van der Waals surface area contributed by atoms with Crippen LogP contribution in [0.2, 0.25) is 0 Å². The van der Waals surface area contributed by atoms with E-state index in [0.29, 0.717) is 0 Å². The molecule has 0 aromatic heterocycles. The Balaban J connectivity index is 0.000000185. The van der Waals surface area contributed by atoms with Gasteiger partial charge in [-0.3, -0.25) is 0 Å². The van der Waals surface area contributed by atoms with Crippen LogP contribution in [0.3, 0.4) is 0 Å². The molecule has 0 unspecified atom stereocenters. The number of hydrogen-bond donors (Lipinski definition) is 0. The van der Waals surface area contributed by atoms with Crippen molar-refractivity contribution in [1.29, 1.82) is 0 Å². The third kappa shape index (κ3) is 5.99. The monoisotopic (exact) mass is 304 g/mol. The first kappa shape index (κ1) is 16.8. The molecule has 3 aromatic rings. The van der Waals surface area contributed by atoms with Crippen LogP contribution in [-0.2, 0) is 6.42 Å². The van der Waals surface area contributed by atoms with Crippen molar-refractivity contribution in [3.05, 3.63) is 95.6 Å². The van der Waals surface area contributed by atoms with Crippen molar-refractivity contribution in [1.82, 2.24) is 0 Å². The lowest BCUT2D eigenvalue weighted by atomic mass is 10.1. The average Bonchev–Trinajstić information content (AvgIpc) is 2.59. The Morgan fingerprint density at radius 1 is 0.609 bits per heavy atom. The summed E-state index contributed by atoms with van der Waals surface area (Å²) in [6.45, 7) is 6.34. The van der Waals surface area contributed by atoms with Crippen LogP contribution in [0.1, 0.15) is 23.6 Å². The van der Waals surface area contributed by atoms with E-state index in [2.05, 4.69) is 45.0 Å². The highest BCUT2D eigenvalue weighted by Crippen LogP contribution is 2.20. The van der Waals surface area contributed by atoms with E-state index < -0.39 is 0 Å². The number of para-hydroxylation sites is 1. The van der Waals surface area contributed by atoms with Crippen molar-refractivity contribution in [3.63, 3.8) is 0 Å². The Hall–Kier alpha value is -2.54. The Morgan fingerprint density at radius 2 is 1.09 bits per heavy atom. The van der Waals surface area contributed by atoms with Gasteiger partial charge in [0.05, 0.1) is 0 Å². The minimum absolute atomic E-state index is 0.872. The van der Waals surface area contributed by atoms with Gasteiger partial charge < -0.3 is 4.74 Å². The van der Waals surface area contributed by atoms with Gasteiger partial charge in [-0.15, -0.1) is 0 Å². The van der Waals surface area contributed by atoms with Crippen LogP contribution in [0, 0.1) is 13.8 Å². The van der Waals surface area contributed by atoms with Gasteiger partial charge in [0, 0.05) is 0 Å². The van der Waals surface area contributed by atoms with Gasteiger partial charge in [-0.25, -0.2) is 0 Å². The van der Waals surface area contributed by atoms with Crippen LogP contribution in [0.4, 0.5) is 0 Å². The molecule has 0 saturated heterocycles. The number of hydrogen-bond acceptors (Lipinski definition) is 1. The molecule has 1 nitrogen and oxygen atoms in total. The van der Waals surface area contributed by atoms with Crippen LogP contribution >= 0.6 is 0 Å². The molecule has 0 N–H and O–H groups in total. The van der Waals surface area contributed by atoms with Crippen LogP contribution in [0.5, 0.6) is 11.5 Å². The molecule has 1 heteroatoms. The molecular weight excluding hydrogens is 280 g/mol. The summed E-state index contributed by atoms with van der Waals surface area (Å²) in [6.07, 6.45) is 1.14. The quantitative estimate of drug-likeness (QED) is 0.548. The zero-order valence-corrected chi connectivity index (χ0v) is 14.1. The fourth-order valence-electron chi connectivity index (χ4n) is 2.05. The summed E-state index contributed by atoms with van der Waals surface area (Å²) in [6, 6.07) is 26.5. The van der Waals surface area contributed by atoms with Crippen molar-refractivity contribution in [2.45, 2.75) is 27.2 Å². The molecule has 0 radical (unpaired) electrons. The highest BCUT2D eigenvalue weighted by molar-refractivity contribution is 5.32. The third-order valence-electron chi connectivity index (χ3n) is 3.53. The largest absolute Gasteiger partial charge is 0.457 e. The first-order valence-electron chi connectivity index (χ1n) is 8.02. The molecular formula is C22H24O. The third-order valence-corrected chi connectivity index (χ3v) is 3.53. The molecule has 0 fully saturated rings. The van der Waals surface area contributed by atoms with Gasteiger partial charge in [-0.2, -0.15) is 0 Å². The van der Waals surface area contributed by atoms with Crippen LogP contribution < -0.4 is 4.74 Å². The molecule has 3 rings (SSSR count). The number of aryl methyl sites for hydroxylation is 3. The zero-order chi connectivity index (χ0) is 16.5. The fraction of sp³-hybridized carbons (Fsp3) is 0.182. The molecule has 0 bridgehead atoms. The van der Waals surface area contributed by atoms with Gasteiger partial charge in [0.15, 0.2) is 0 Å². The molecule has 118 valence electrons. The normalized spacial score (nSPS) is 9.70. The van der Waals surface area contributed by atoms with E-state index in [1.54, 1.807) is 0 Å². The van der Waals surface area contributed by atoms with E-state index in [0.717, 1.165) is 17.9 Å². The first-order chi connectivity index (χ1) is 11.2. The lowest BCUT2D eigenvalue weighted by Gasteiger charge is -2.04. The second-order valence-electron chi connectivity index (χ2n) is 5.57. The number of rotatable bonds is 3. The van der Waals surface area contributed by atoms with Crippen molar-refractivity contribution in [2.24, 2.45) is 0 Å². The number of ether oxygens (including phenoxy) is 1. The Morgan fingerprint density at radius 3 is 1.61 bits per heavy atom. The molecule has 0 aliphatic rings. The molecule has 0 spiro atoms. The lowest BCUT2D eigenvalue weighted by Crippen LogP contribution is -1.82. The summed E-state index contributed by atoms with van der Waals surface area (Å²) < 4.78 is 5.63. The minimum atomic E-state index is 0.872. The van der Waals surface area contributed by atoms with Crippen LogP contribution in [0.25, 0.3) is 0 Å². The highest BCUT2D eigenvalue weighted by atomic mass is 16.5. The van der Waals surface area contributed by atoms with Gasteiger partial charge >= 0.3 is 0 Å². The summed E-state index contributed by atoms with van der Waals surface area (Å²) in [7, 11) is 0. The molecule has 0 atom stereocenters. The van der Waals surface area contributed by atoms with E-state index in [9.17, 15) is 0 Å². The highest BCUT2D eigenvalue weighted by Gasteiger charge is 1.94. The maximum atomic E-state index is 5.63. The van der Waals surface area contributed by atoms with E-state index >= 15 is 0 Å². The lowest BCUT2D eigenvalue weighted by molar-refractivity contribution is 0.482. The molecule has 0 heterocycles. The average molecular weight is 304 g/mol. The maximum absolute atomic E-state index is 5.63. The topological polar surface area (TPSA) is 9.23 Å². The van der Waals surface area contributed by atoms with Crippen LogP contribution in [-0.4, -0.2) is 0 Å². The Kier molecular flexibility index (Phi) is 6.43. The Labute approximate surface area is 139 Å². The molecule has 0 saturated carbocycles. The Bertz CT molecular complexity index is 682. The summed E-state index contributed by atoms with van der Waals surface area (Å²) in [5.74, 6) is 1.75. The molecule has 3 aromatic carbocycles. The van der Waals surface area contributed by atoms with E-state index in [1.807, 2.05) is 54.6 Å². The summed E-state index contributed by atoms with van der Waals surface area (Å²) >= 11 is 0. The van der Waals surface area contributed by atoms with Gasteiger partial charge in [0.2, 0.25) is 0 Å². The minimum Gasteiger partial charge on any atom is -0.457 e. The van der Waals surface area contributed by atoms with E-state index in [-0.39, 0.29) is 0 Å². The van der Waals surface area contributed by atoms with Crippen molar-refractivity contribution >= 4 is 0 Å². The van der Waals surface area contributed by atoms with Gasteiger partial charge in [0.25, 0.3) is 0 Å². The number of benzene rings is 3. The SMILES string of the molecule is CCc1ccc(C)cc1.Cc1ccc(Oc2ccccc2)cc1. The predicted molar refractivity (Wildman–Crippen MR) is 98.3 cm³/mol. The van der Waals surface area contributed by atoms with Crippen molar-refractivity contribution in [3.8, 4) is 11.5 Å². The fourth-order valence-corrected chi connectivity index (χ4v) is 2.05. The van der Waals surface area contributed by atoms with Gasteiger partial charge in [0.1, 0.15) is 11.5 Å². The van der Waals surface area contributed by atoms with Gasteiger partial charge in [-0.1, -0.05) is 72.6 Å². The van der Waals surface area contributed by atoms with E-state index in [4.69, 9.17) is 4.74 Å². The summed E-state index contributed by atoms with van der Waals surface area (Å²) in [5, 5.41) is 0. The molecule has 0 aliphatic carbocycles. The summed E-state index contributed by atoms with van der Waals surface area (Å²) in [4.78, 5) is 0. The molecule has 0 amide bonds. The van der Waals surface area contributed by atoms with E-state index in [1.165, 1.54) is 16.7 Å². The first-order valence-corrected chi connectivity index (χ1v) is 8.02. The molecule has 0 aliphatic heterocycles. The van der Waals surface area contributed by atoms with Crippen molar-refractivity contribution < 1.29 is 4.74 Å².